The average Bonchev–Trinajstić information content (AvgIpc) is 2.90. The van der Waals surface area contributed by atoms with Crippen LogP contribution in [0.3, 0.4) is 0 Å². The van der Waals surface area contributed by atoms with Crippen LogP contribution in [-0.2, 0) is 4.79 Å². The molecule has 2 aromatic rings. The van der Waals surface area contributed by atoms with E-state index >= 15 is 0 Å². The lowest BCUT2D eigenvalue weighted by molar-refractivity contribution is -0.116. The predicted octanol–water partition coefficient (Wildman–Crippen LogP) is 1.94. The molecule has 5 nitrogen and oxygen atoms in total. The molecule has 0 spiro atoms. The summed E-state index contributed by atoms with van der Waals surface area (Å²) in [4.78, 5) is 15.7. The van der Waals surface area contributed by atoms with Crippen LogP contribution < -0.4 is 11.1 Å². The second-order valence-corrected chi connectivity index (χ2v) is 4.58. The highest BCUT2D eigenvalue weighted by atomic mass is 16.1. The summed E-state index contributed by atoms with van der Waals surface area (Å²) < 4.78 is 1.89. The van der Waals surface area contributed by atoms with Gasteiger partial charge in [0.05, 0.1) is 6.33 Å². The third kappa shape index (κ3) is 3.93. The molecule has 3 N–H and O–H groups in total. The zero-order valence-corrected chi connectivity index (χ0v) is 10.9. The molecule has 100 valence electrons. The van der Waals surface area contributed by atoms with Crippen LogP contribution in [0.2, 0.25) is 0 Å². The van der Waals surface area contributed by atoms with E-state index in [-0.39, 0.29) is 11.9 Å². The van der Waals surface area contributed by atoms with Gasteiger partial charge in [-0.3, -0.25) is 4.79 Å². The van der Waals surface area contributed by atoms with Crippen LogP contribution in [0.15, 0.2) is 43.0 Å². The molecule has 1 atom stereocenters. The lowest BCUT2D eigenvalue weighted by Gasteiger charge is -2.09. The minimum Gasteiger partial charge on any atom is -0.328 e. The molecule has 0 saturated heterocycles. The van der Waals surface area contributed by atoms with Crippen molar-refractivity contribution in [3.63, 3.8) is 0 Å². The third-order valence-electron chi connectivity index (χ3n) is 2.76. The van der Waals surface area contributed by atoms with Crippen molar-refractivity contribution >= 4 is 11.6 Å². The second kappa shape index (κ2) is 6.15. The highest BCUT2D eigenvalue weighted by Crippen LogP contribution is 2.14. The monoisotopic (exact) mass is 258 g/mol. The van der Waals surface area contributed by atoms with E-state index in [1.165, 1.54) is 0 Å². The Morgan fingerprint density at radius 1 is 1.53 bits per heavy atom. The highest BCUT2D eigenvalue weighted by Gasteiger charge is 2.05. The molecule has 1 heterocycles. The number of nitrogens with zero attached hydrogens (tertiary/aromatic N) is 2. The summed E-state index contributed by atoms with van der Waals surface area (Å²) in [6.07, 6.45) is 6.42. The average molecular weight is 258 g/mol. The molecule has 0 aliphatic rings. The van der Waals surface area contributed by atoms with Gasteiger partial charge in [-0.15, -0.1) is 0 Å². The minimum atomic E-state index is -0.0138. The molecule has 1 aromatic heterocycles. The summed E-state index contributed by atoms with van der Waals surface area (Å²) in [5, 5.41) is 2.87. The zero-order valence-electron chi connectivity index (χ0n) is 10.9. The Labute approximate surface area is 112 Å². The van der Waals surface area contributed by atoms with Crippen molar-refractivity contribution in [2.24, 2.45) is 5.73 Å². The number of hydrogen-bond acceptors (Lipinski definition) is 3. The molecule has 2 rings (SSSR count). The van der Waals surface area contributed by atoms with Gasteiger partial charge in [0.2, 0.25) is 5.91 Å². The van der Waals surface area contributed by atoms with Crippen molar-refractivity contribution in [1.29, 1.82) is 0 Å². The minimum absolute atomic E-state index is 0.0138. The molecule has 0 aliphatic carbocycles. The van der Waals surface area contributed by atoms with Crippen LogP contribution in [0.4, 0.5) is 5.69 Å². The molecule has 0 saturated carbocycles. The molecule has 5 heteroatoms. The number of amides is 1. The Morgan fingerprint density at radius 2 is 2.37 bits per heavy atom. The van der Waals surface area contributed by atoms with E-state index in [0.717, 1.165) is 11.4 Å². The number of carbonyl (C=O) groups is 1. The molecule has 19 heavy (non-hydrogen) atoms. The van der Waals surface area contributed by atoms with Crippen LogP contribution in [0.5, 0.6) is 0 Å². The lowest BCUT2D eigenvalue weighted by atomic mass is 10.2. The van der Waals surface area contributed by atoms with E-state index in [1.54, 1.807) is 12.5 Å². The van der Waals surface area contributed by atoms with Crippen molar-refractivity contribution in [2.45, 2.75) is 25.8 Å². The number of anilines is 1. The first-order valence-electron chi connectivity index (χ1n) is 6.29. The maximum Gasteiger partial charge on any atom is 0.224 e. The van der Waals surface area contributed by atoms with Crippen molar-refractivity contribution < 1.29 is 4.79 Å². The van der Waals surface area contributed by atoms with Gasteiger partial charge in [0.25, 0.3) is 0 Å². The van der Waals surface area contributed by atoms with Crippen LogP contribution in [0.1, 0.15) is 19.8 Å². The third-order valence-corrected chi connectivity index (χ3v) is 2.76. The van der Waals surface area contributed by atoms with Gasteiger partial charge in [-0.05, 0) is 31.5 Å². The number of aromatic nitrogens is 2. The number of benzene rings is 1. The van der Waals surface area contributed by atoms with Gasteiger partial charge in [0, 0.05) is 36.2 Å². The van der Waals surface area contributed by atoms with E-state index < -0.39 is 0 Å². The highest BCUT2D eigenvalue weighted by molar-refractivity contribution is 5.90. The fourth-order valence-electron chi connectivity index (χ4n) is 1.74. The number of imidazole rings is 1. The molecular weight excluding hydrogens is 240 g/mol. The van der Waals surface area contributed by atoms with Crippen molar-refractivity contribution in [1.82, 2.24) is 9.55 Å². The van der Waals surface area contributed by atoms with E-state index in [1.807, 2.05) is 42.0 Å². The number of nitrogens with one attached hydrogen (secondary N) is 1. The number of nitrogens with two attached hydrogens (primary N) is 1. The predicted molar refractivity (Wildman–Crippen MR) is 75.1 cm³/mol. The first kappa shape index (κ1) is 13.3. The maximum absolute atomic E-state index is 11.7. The SMILES string of the molecule is CC(N)CCC(=O)Nc1cccc(-n2ccnc2)c1. The summed E-state index contributed by atoms with van der Waals surface area (Å²) in [6.45, 7) is 1.90. The summed E-state index contributed by atoms with van der Waals surface area (Å²) >= 11 is 0. The van der Waals surface area contributed by atoms with Gasteiger partial charge in [-0.1, -0.05) is 6.07 Å². The first-order valence-corrected chi connectivity index (χ1v) is 6.29. The molecule has 0 aliphatic heterocycles. The number of hydrogen-bond donors (Lipinski definition) is 2. The van der Waals surface area contributed by atoms with Crippen molar-refractivity contribution in [3.8, 4) is 5.69 Å². The van der Waals surface area contributed by atoms with Gasteiger partial charge in [-0.25, -0.2) is 4.98 Å². The number of rotatable bonds is 5. The molecule has 1 amide bonds. The maximum atomic E-state index is 11.7. The summed E-state index contributed by atoms with van der Waals surface area (Å²) in [6, 6.07) is 7.67. The zero-order chi connectivity index (χ0) is 13.7. The Bertz CT molecular complexity index is 534. The van der Waals surface area contributed by atoms with Gasteiger partial charge in [0.1, 0.15) is 0 Å². The molecule has 1 unspecified atom stereocenters. The van der Waals surface area contributed by atoms with E-state index in [2.05, 4.69) is 10.3 Å². The van der Waals surface area contributed by atoms with Gasteiger partial charge >= 0.3 is 0 Å². The lowest BCUT2D eigenvalue weighted by Crippen LogP contribution is -2.19. The summed E-state index contributed by atoms with van der Waals surface area (Å²) in [5.74, 6) is -0.0138. The molecule has 1 aromatic carbocycles. The fourth-order valence-corrected chi connectivity index (χ4v) is 1.74. The summed E-state index contributed by atoms with van der Waals surface area (Å²) in [7, 11) is 0. The van der Waals surface area contributed by atoms with Crippen LogP contribution >= 0.6 is 0 Å². The molecule has 0 fully saturated rings. The topological polar surface area (TPSA) is 72.9 Å². The van der Waals surface area contributed by atoms with Crippen molar-refractivity contribution in [3.05, 3.63) is 43.0 Å². The number of carbonyl (C=O) groups excluding carboxylic acids is 1. The largest absolute Gasteiger partial charge is 0.328 e. The van der Waals surface area contributed by atoms with Crippen LogP contribution in [-0.4, -0.2) is 21.5 Å². The Morgan fingerprint density at radius 3 is 3.05 bits per heavy atom. The molecular formula is C14H18N4O. The smallest absolute Gasteiger partial charge is 0.224 e. The standard InChI is InChI=1S/C14H18N4O/c1-11(15)5-6-14(19)17-12-3-2-4-13(9-12)18-8-7-16-10-18/h2-4,7-11H,5-6,15H2,1H3,(H,17,19). The Hall–Kier alpha value is -2.14. The van der Waals surface area contributed by atoms with Gasteiger partial charge in [-0.2, -0.15) is 0 Å². The van der Waals surface area contributed by atoms with Crippen molar-refractivity contribution in [2.75, 3.05) is 5.32 Å². The Balaban J connectivity index is 2.01. The van der Waals surface area contributed by atoms with E-state index in [4.69, 9.17) is 5.73 Å². The van der Waals surface area contributed by atoms with E-state index in [9.17, 15) is 4.79 Å². The van der Waals surface area contributed by atoms with Gasteiger partial charge in [0.15, 0.2) is 0 Å². The first-order chi connectivity index (χ1) is 9.15. The summed E-state index contributed by atoms with van der Waals surface area (Å²) in [5.41, 5.74) is 7.37. The second-order valence-electron chi connectivity index (χ2n) is 4.58. The van der Waals surface area contributed by atoms with Gasteiger partial charge < -0.3 is 15.6 Å². The molecule has 0 bridgehead atoms. The molecule has 0 radical (unpaired) electrons. The quantitative estimate of drug-likeness (QED) is 0.860. The Kier molecular flexibility index (Phi) is 4.30. The fraction of sp³-hybridized carbons (Fsp3) is 0.286. The van der Waals surface area contributed by atoms with Crippen LogP contribution in [0, 0.1) is 0 Å². The normalized spacial score (nSPS) is 12.1. The van der Waals surface area contributed by atoms with E-state index in [0.29, 0.717) is 12.8 Å². The van der Waals surface area contributed by atoms with Crippen LogP contribution in [0.25, 0.3) is 5.69 Å².